The molecule has 2 rings (SSSR count). The van der Waals surface area contributed by atoms with Crippen LogP contribution >= 0.6 is 0 Å². The number of hydrogen-bond acceptors (Lipinski definition) is 4. The lowest BCUT2D eigenvalue weighted by Gasteiger charge is -1.97. The van der Waals surface area contributed by atoms with Crippen LogP contribution in [0.5, 0.6) is 0 Å². The van der Waals surface area contributed by atoms with Crippen molar-refractivity contribution < 1.29 is 13.5 Å². The number of hydrogen-bond donors (Lipinski definition) is 2. The highest BCUT2D eigenvalue weighted by Crippen LogP contribution is 2.22. The van der Waals surface area contributed by atoms with Gasteiger partial charge < -0.3 is 10.1 Å². The molecule has 1 aromatic carbocycles. The molecule has 0 bridgehead atoms. The van der Waals surface area contributed by atoms with Crippen LogP contribution in [0, 0.1) is 0 Å². The molecule has 1 heterocycles. The number of rotatable bonds is 2. The third-order valence-electron chi connectivity index (χ3n) is 2.29. The Bertz CT molecular complexity index is 629. The molecule has 0 fully saturated rings. The third kappa shape index (κ3) is 1.81. The fourth-order valence-corrected chi connectivity index (χ4v) is 2.35. The van der Waals surface area contributed by atoms with Crippen molar-refractivity contribution in [3.63, 3.8) is 0 Å². The third-order valence-corrected chi connectivity index (χ3v) is 3.42. The van der Waals surface area contributed by atoms with Gasteiger partial charge in [-0.1, -0.05) is 6.07 Å². The van der Waals surface area contributed by atoms with Crippen LogP contribution in [-0.2, 0) is 9.84 Å². The highest BCUT2D eigenvalue weighted by Gasteiger charge is 2.16. The number of sulfone groups is 1. The predicted molar refractivity (Wildman–Crippen MR) is 59.8 cm³/mol. The Morgan fingerprint density at radius 1 is 1.44 bits per heavy atom. The Morgan fingerprint density at radius 3 is 2.69 bits per heavy atom. The Hall–Kier alpha value is -1.40. The van der Waals surface area contributed by atoms with Crippen LogP contribution in [0.2, 0.25) is 0 Å². The fourth-order valence-electron chi connectivity index (χ4n) is 1.52. The van der Waals surface area contributed by atoms with Gasteiger partial charge in [-0.15, -0.1) is 0 Å². The van der Waals surface area contributed by atoms with Crippen LogP contribution in [0.25, 0.3) is 11.0 Å². The van der Waals surface area contributed by atoms with Gasteiger partial charge in [0.2, 0.25) is 0 Å². The predicted octanol–water partition coefficient (Wildman–Crippen LogP) is 1.02. The van der Waals surface area contributed by atoms with E-state index < -0.39 is 15.9 Å². The lowest BCUT2D eigenvalue weighted by Crippen LogP contribution is -1.98. The summed E-state index contributed by atoms with van der Waals surface area (Å²) < 4.78 is 23.0. The molecule has 0 spiro atoms. The molecule has 86 valence electrons. The summed E-state index contributed by atoms with van der Waals surface area (Å²) in [7, 11) is -3.31. The van der Waals surface area contributed by atoms with Gasteiger partial charge in [0, 0.05) is 6.26 Å². The number of nitrogens with one attached hydrogen (secondary N) is 1. The van der Waals surface area contributed by atoms with E-state index in [1.165, 1.54) is 6.07 Å². The number of nitrogens with zero attached hydrogens (tertiary/aromatic N) is 1. The molecule has 0 aliphatic carbocycles. The monoisotopic (exact) mass is 240 g/mol. The lowest BCUT2D eigenvalue weighted by molar-refractivity contribution is 0.190. The Balaban J connectivity index is 2.78. The zero-order valence-corrected chi connectivity index (χ0v) is 9.75. The number of benzene rings is 1. The van der Waals surface area contributed by atoms with Crippen LogP contribution in [0.4, 0.5) is 0 Å². The van der Waals surface area contributed by atoms with Gasteiger partial charge in [-0.2, -0.15) is 0 Å². The Labute approximate surface area is 93.1 Å². The van der Waals surface area contributed by atoms with E-state index in [0.29, 0.717) is 16.9 Å². The SMILES string of the molecule is C[C@H](O)c1nc2c(S(C)(=O)=O)cccc2[nH]1. The van der Waals surface area contributed by atoms with Crippen molar-refractivity contribution in [2.24, 2.45) is 0 Å². The molecule has 1 aromatic heterocycles. The normalized spacial score (nSPS) is 14.2. The van der Waals surface area contributed by atoms with Crippen LogP contribution in [0.1, 0.15) is 18.9 Å². The van der Waals surface area contributed by atoms with Crippen LogP contribution in [0.3, 0.4) is 0 Å². The number of aromatic nitrogens is 2. The summed E-state index contributed by atoms with van der Waals surface area (Å²) in [5, 5.41) is 9.38. The zero-order valence-electron chi connectivity index (χ0n) is 8.93. The van der Waals surface area contributed by atoms with E-state index >= 15 is 0 Å². The summed E-state index contributed by atoms with van der Waals surface area (Å²) in [6, 6.07) is 4.87. The highest BCUT2D eigenvalue weighted by molar-refractivity contribution is 7.91. The number of para-hydroxylation sites is 1. The molecular weight excluding hydrogens is 228 g/mol. The maximum Gasteiger partial charge on any atom is 0.177 e. The first-order valence-electron chi connectivity index (χ1n) is 4.76. The van der Waals surface area contributed by atoms with Gasteiger partial charge in [-0.25, -0.2) is 13.4 Å². The van der Waals surface area contributed by atoms with Crippen molar-refractivity contribution in [2.45, 2.75) is 17.9 Å². The minimum absolute atomic E-state index is 0.174. The zero-order chi connectivity index (χ0) is 11.9. The first kappa shape index (κ1) is 11.1. The van der Waals surface area contributed by atoms with Gasteiger partial charge in [0.1, 0.15) is 17.4 Å². The number of fused-ring (bicyclic) bond motifs is 1. The van der Waals surface area contributed by atoms with E-state index in [1.807, 2.05) is 0 Å². The Kier molecular flexibility index (Phi) is 2.47. The molecule has 1 atom stereocenters. The standard InChI is InChI=1S/C10H12N2O3S/c1-6(13)10-11-7-4-3-5-8(9(7)12-10)16(2,14)15/h3-6,13H,1-2H3,(H,11,12)/t6-/m0/s1. The maximum atomic E-state index is 11.5. The summed E-state index contributed by atoms with van der Waals surface area (Å²) in [6.07, 6.45) is 0.387. The van der Waals surface area contributed by atoms with Gasteiger partial charge in [0.05, 0.1) is 10.4 Å². The summed E-state index contributed by atoms with van der Waals surface area (Å²) in [6.45, 7) is 1.57. The molecule has 16 heavy (non-hydrogen) atoms. The molecule has 2 aromatic rings. The minimum atomic E-state index is -3.31. The molecule has 2 N–H and O–H groups in total. The second kappa shape index (κ2) is 3.57. The molecule has 0 radical (unpaired) electrons. The molecule has 0 saturated carbocycles. The molecular formula is C10H12N2O3S. The fraction of sp³-hybridized carbons (Fsp3) is 0.300. The number of aromatic amines is 1. The quantitative estimate of drug-likeness (QED) is 0.821. The topological polar surface area (TPSA) is 83.1 Å². The van der Waals surface area contributed by atoms with E-state index in [4.69, 9.17) is 0 Å². The smallest absolute Gasteiger partial charge is 0.177 e. The average Bonchev–Trinajstić information content (AvgIpc) is 2.58. The number of aliphatic hydroxyl groups excluding tert-OH is 1. The summed E-state index contributed by atoms with van der Waals surface area (Å²) in [5.41, 5.74) is 0.986. The number of imidazole rings is 1. The molecule has 0 aliphatic heterocycles. The first-order chi connectivity index (χ1) is 7.39. The van der Waals surface area contributed by atoms with Crippen molar-refractivity contribution in [3.8, 4) is 0 Å². The number of aliphatic hydroxyl groups is 1. The van der Waals surface area contributed by atoms with Crippen LogP contribution < -0.4 is 0 Å². The maximum absolute atomic E-state index is 11.5. The summed E-state index contributed by atoms with van der Waals surface area (Å²) >= 11 is 0. The van der Waals surface area contributed by atoms with Crippen molar-refractivity contribution in [1.29, 1.82) is 0 Å². The first-order valence-corrected chi connectivity index (χ1v) is 6.65. The van der Waals surface area contributed by atoms with E-state index in [1.54, 1.807) is 19.1 Å². The highest BCUT2D eigenvalue weighted by atomic mass is 32.2. The van der Waals surface area contributed by atoms with Crippen molar-refractivity contribution >= 4 is 20.9 Å². The van der Waals surface area contributed by atoms with Gasteiger partial charge >= 0.3 is 0 Å². The van der Waals surface area contributed by atoms with E-state index in [0.717, 1.165) is 6.26 Å². The second-order valence-corrected chi connectivity index (χ2v) is 5.71. The summed E-state index contributed by atoms with van der Waals surface area (Å²) in [4.78, 5) is 7.15. The van der Waals surface area contributed by atoms with Crippen LogP contribution in [-0.4, -0.2) is 29.7 Å². The molecule has 0 amide bonds. The van der Waals surface area contributed by atoms with Gasteiger partial charge in [0.25, 0.3) is 0 Å². The minimum Gasteiger partial charge on any atom is -0.385 e. The molecule has 6 heteroatoms. The van der Waals surface area contributed by atoms with E-state index in [9.17, 15) is 13.5 Å². The number of H-pyrrole nitrogens is 1. The van der Waals surface area contributed by atoms with Gasteiger partial charge in [0.15, 0.2) is 9.84 Å². The largest absolute Gasteiger partial charge is 0.385 e. The van der Waals surface area contributed by atoms with Crippen molar-refractivity contribution in [2.75, 3.05) is 6.26 Å². The van der Waals surface area contributed by atoms with E-state index in [2.05, 4.69) is 9.97 Å². The lowest BCUT2D eigenvalue weighted by atomic mass is 10.3. The summed E-state index contributed by atoms with van der Waals surface area (Å²) in [5.74, 6) is 0.367. The van der Waals surface area contributed by atoms with E-state index in [-0.39, 0.29) is 4.90 Å². The Morgan fingerprint density at radius 2 is 2.12 bits per heavy atom. The van der Waals surface area contributed by atoms with Crippen molar-refractivity contribution in [3.05, 3.63) is 24.0 Å². The van der Waals surface area contributed by atoms with Gasteiger partial charge in [-0.05, 0) is 19.1 Å². The van der Waals surface area contributed by atoms with Gasteiger partial charge in [-0.3, -0.25) is 0 Å². The molecule has 0 unspecified atom stereocenters. The second-order valence-electron chi connectivity index (χ2n) is 3.72. The van der Waals surface area contributed by atoms with Crippen molar-refractivity contribution in [1.82, 2.24) is 9.97 Å². The molecule has 5 nitrogen and oxygen atoms in total. The van der Waals surface area contributed by atoms with Crippen LogP contribution in [0.15, 0.2) is 23.1 Å². The molecule has 0 aliphatic rings. The average molecular weight is 240 g/mol. The molecule has 0 saturated heterocycles.